The van der Waals surface area contributed by atoms with Gasteiger partial charge in [-0.3, -0.25) is 9.69 Å². The van der Waals surface area contributed by atoms with E-state index < -0.39 is 0 Å². The first-order valence-electron chi connectivity index (χ1n) is 9.18. The molecule has 6 heteroatoms. The van der Waals surface area contributed by atoms with E-state index in [1.807, 2.05) is 29.2 Å². The van der Waals surface area contributed by atoms with Gasteiger partial charge in [0.25, 0.3) is 5.91 Å². The number of furan rings is 1. The van der Waals surface area contributed by atoms with Gasteiger partial charge >= 0.3 is 0 Å². The molecule has 2 saturated heterocycles. The third-order valence-electron chi connectivity index (χ3n) is 5.26. The van der Waals surface area contributed by atoms with Crippen molar-refractivity contribution in [3.8, 4) is 0 Å². The maximum Gasteiger partial charge on any atom is 0.257 e. The molecule has 2 atom stereocenters. The van der Waals surface area contributed by atoms with Crippen molar-refractivity contribution in [2.45, 2.75) is 18.5 Å². The number of amides is 1. The highest BCUT2D eigenvalue weighted by Gasteiger charge is 2.34. The van der Waals surface area contributed by atoms with Crippen LogP contribution in [-0.4, -0.2) is 61.1 Å². The molecule has 2 aliphatic rings. The second kappa shape index (κ2) is 7.61. The molecule has 1 aromatic carbocycles. The number of likely N-dealkylation sites (tertiary alicyclic amines) is 1. The molecule has 26 heavy (non-hydrogen) atoms. The zero-order valence-corrected chi connectivity index (χ0v) is 14.8. The minimum absolute atomic E-state index is 0.00383. The number of nitrogens with zero attached hydrogens (tertiary/aromatic N) is 2. The summed E-state index contributed by atoms with van der Waals surface area (Å²) in [5.41, 5.74) is 8.11. The molecule has 0 bridgehead atoms. The Morgan fingerprint density at radius 3 is 2.69 bits per heavy atom. The molecule has 2 aromatic rings. The summed E-state index contributed by atoms with van der Waals surface area (Å²) in [5.74, 6) is 0.995. The van der Waals surface area contributed by atoms with Crippen LogP contribution in [0.2, 0.25) is 0 Å². The molecule has 0 aliphatic carbocycles. The molecule has 138 valence electrons. The summed E-state index contributed by atoms with van der Waals surface area (Å²) in [6.45, 7) is 5.21. The maximum atomic E-state index is 12.9. The normalized spacial score (nSPS) is 24.1. The number of benzene rings is 1. The van der Waals surface area contributed by atoms with Gasteiger partial charge in [-0.15, -0.1) is 0 Å². The zero-order valence-electron chi connectivity index (χ0n) is 14.8. The van der Waals surface area contributed by atoms with Crippen LogP contribution in [0.15, 0.2) is 47.1 Å². The summed E-state index contributed by atoms with van der Waals surface area (Å²) in [4.78, 5) is 17.0. The third kappa shape index (κ3) is 3.67. The lowest BCUT2D eigenvalue weighted by Gasteiger charge is -2.25. The van der Waals surface area contributed by atoms with Gasteiger partial charge in [0.2, 0.25) is 0 Å². The van der Waals surface area contributed by atoms with E-state index in [0.29, 0.717) is 25.2 Å². The van der Waals surface area contributed by atoms with Gasteiger partial charge in [0.1, 0.15) is 12.0 Å². The predicted molar refractivity (Wildman–Crippen MR) is 97.9 cm³/mol. The third-order valence-corrected chi connectivity index (χ3v) is 5.26. The molecular weight excluding hydrogens is 330 g/mol. The van der Waals surface area contributed by atoms with E-state index in [4.69, 9.17) is 14.9 Å². The predicted octanol–water partition coefficient (Wildman–Crippen LogP) is 1.68. The van der Waals surface area contributed by atoms with Crippen molar-refractivity contribution < 1.29 is 13.9 Å². The Hall–Kier alpha value is -2.15. The van der Waals surface area contributed by atoms with Crippen molar-refractivity contribution >= 4 is 5.91 Å². The van der Waals surface area contributed by atoms with E-state index in [9.17, 15) is 4.79 Å². The highest BCUT2D eigenvalue weighted by atomic mass is 16.5. The van der Waals surface area contributed by atoms with Gasteiger partial charge in [-0.25, -0.2) is 0 Å². The van der Waals surface area contributed by atoms with Gasteiger partial charge in [0.15, 0.2) is 0 Å². The van der Waals surface area contributed by atoms with Crippen LogP contribution < -0.4 is 5.73 Å². The van der Waals surface area contributed by atoms with Gasteiger partial charge < -0.3 is 19.8 Å². The lowest BCUT2D eigenvalue weighted by molar-refractivity contribution is 0.0313. The SMILES string of the molecule is N[C@H]1CN(C(=O)c2coc(CN3CCOCC3)c2)C[C@@H]1c1ccccc1. The largest absolute Gasteiger partial charge is 0.467 e. The molecule has 4 rings (SSSR count). The highest BCUT2D eigenvalue weighted by Crippen LogP contribution is 2.27. The summed E-state index contributed by atoms with van der Waals surface area (Å²) in [6.07, 6.45) is 1.57. The van der Waals surface area contributed by atoms with Crippen LogP contribution in [0.5, 0.6) is 0 Å². The molecule has 2 aliphatic heterocycles. The molecular formula is C20H25N3O3. The van der Waals surface area contributed by atoms with Crippen molar-refractivity contribution in [2.75, 3.05) is 39.4 Å². The fourth-order valence-corrected chi connectivity index (χ4v) is 3.79. The van der Waals surface area contributed by atoms with Gasteiger partial charge in [0.05, 0.1) is 25.3 Å². The number of hydrogen-bond acceptors (Lipinski definition) is 5. The van der Waals surface area contributed by atoms with E-state index in [-0.39, 0.29) is 17.9 Å². The summed E-state index contributed by atoms with van der Waals surface area (Å²) in [7, 11) is 0. The molecule has 0 saturated carbocycles. The van der Waals surface area contributed by atoms with Crippen LogP contribution in [0.4, 0.5) is 0 Å². The van der Waals surface area contributed by atoms with Crippen LogP contribution in [0.1, 0.15) is 27.6 Å². The first kappa shape index (κ1) is 17.3. The summed E-state index contributed by atoms with van der Waals surface area (Å²) in [6, 6.07) is 12.0. The Bertz CT molecular complexity index is 740. The van der Waals surface area contributed by atoms with Gasteiger partial charge in [-0.05, 0) is 11.6 Å². The number of carbonyl (C=O) groups is 1. The minimum Gasteiger partial charge on any atom is -0.467 e. The second-order valence-corrected chi connectivity index (χ2v) is 7.08. The Kier molecular flexibility index (Phi) is 5.06. The number of ether oxygens (including phenoxy) is 1. The van der Waals surface area contributed by atoms with Crippen molar-refractivity contribution in [1.82, 2.24) is 9.80 Å². The summed E-state index contributed by atoms with van der Waals surface area (Å²) < 4.78 is 11.0. The summed E-state index contributed by atoms with van der Waals surface area (Å²) in [5, 5.41) is 0. The van der Waals surface area contributed by atoms with Gasteiger partial charge in [-0.1, -0.05) is 30.3 Å². The first-order valence-corrected chi connectivity index (χ1v) is 9.18. The van der Waals surface area contributed by atoms with Crippen LogP contribution in [0, 0.1) is 0 Å². The maximum absolute atomic E-state index is 12.9. The Labute approximate surface area is 153 Å². The van der Waals surface area contributed by atoms with Gasteiger partial charge in [-0.2, -0.15) is 0 Å². The number of hydrogen-bond donors (Lipinski definition) is 1. The highest BCUT2D eigenvalue weighted by molar-refractivity contribution is 5.94. The topological polar surface area (TPSA) is 71.9 Å². The average molecular weight is 355 g/mol. The molecule has 2 fully saturated rings. The fraction of sp³-hybridized carbons (Fsp3) is 0.450. The smallest absolute Gasteiger partial charge is 0.257 e. The van der Waals surface area contributed by atoms with Crippen molar-refractivity contribution in [1.29, 1.82) is 0 Å². The molecule has 1 aromatic heterocycles. The number of carbonyl (C=O) groups excluding carboxylic acids is 1. The van der Waals surface area contributed by atoms with Crippen molar-refractivity contribution in [3.05, 3.63) is 59.5 Å². The number of morpholine rings is 1. The summed E-state index contributed by atoms with van der Waals surface area (Å²) >= 11 is 0. The molecule has 1 amide bonds. The standard InChI is InChI=1S/C20H25N3O3/c21-19-13-23(12-18(19)15-4-2-1-3-5-15)20(24)16-10-17(26-14-16)11-22-6-8-25-9-7-22/h1-5,10,14,18-19H,6-9,11-13,21H2/t18-,19+/m1/s1. The Morgan fingerprint density at radius 2 is 1.92 bits per heavy atom. The minimum atomic E-state index is -0.0407. The van der Waals surface area contributed by atoms with Crippen molar-refractivity contribution in [2.24, 2.45) is 5.73 Å². The lowest BCUT2D eigenvalue weighted by Crippen LogP contribution is -2.35. The monoisotopic (exact) mass is 355 g/mol. The molecule has 6 nitrogen and oxygen atoms in total. The Balaban J connectivity index is 1.40. The van der Waals surface area contributed by atoms with E-state index in [2.05, 4.69) is 17.0 Å². The average Bonchev–Trinajstić information content (AvgIpc) is 3.29. The fourth-order valence-electron chi connectivity index (χ4n) is 3.79. The zero-order chi connectivity index (χ0) is 17.9. The van der Waals surface area contributed by atoms with E-state index >= 15 is 0 Å². The van der Waals surface area contributed by atoms with E-state index in [1.165, 1.54) is 5.56 Å². The van der Waals surface area contributed by atoms with Crippen LogP contribution >= 0.6 is 0 Å². The number of nitrogens with two attached hydrogens (primary N) is 1. The molecule has 2 N–H and O–H groups in total. The molecule has 0 unspecified atom stereocenters. The molecule has 0 radical (unpaired) electrons. The Morgan fingerprint density at radius 1 is 1.15 bits per heavy atom. The lowest BCUT2D eigenvalue weighted by atomic mass is 9.95. The number of rotatable bonds is 4. The van der Waals surface area contributed by atoms with Gasteiger partial charge in [0, 0.05) is 38.1 Å². The van der Waals surface area contributed by atoms with Crippen LogP contribution in [0.3, 0.4) is 0 Å². The van der Waals surface area contributed by atoms with Crippen LogP contribution in [-0.2, 0) is 11.3 Å². The molecule has 3 heterocycles. The molecule has 0 spiro atoms. The van der Waals surface area contributed by atoms with E-state index in [1.54, 1.807) is 6.26 Å². The van der Waals surface area contributed by atoms with Crippen molar-refractivity contribution in [3.63, 3.8) is 0 Å². The first-order chi connectivity index (χ1) is 12.7. The van der Waals surface area contributed by atoms with Crippen LogP contribution in [0.25, 0.3) is 0 Å². The second-order valence-electron chi connectivity index (χ2n) is 7.08. The quantitative estimate of drug-likeness (QED) is 0.903. The van der Waals surface area contributed by atoms with E-state index in [0.717, 1.165) is 32.1 Å².